The van der Waals surface area contributed by atoms with Crippen LogP contribution in [0.5, 0.6) is 0 Å². The van der Waals surface area contributed by atoms with E-state index in [0.717, 1.165) is 12.2 Å². The first-order valence-electron chi connectivity index (χ1n) is 6.26. The first-order chi connectivity index (χ1) is 9.29. The topological polar surface area (TPSA) is 47.3 Å². The highest BCUT2D eigenvalue weighted by molar-refractivity contribution is 5.16. The van der Waals surface area contributed by atoms with Crippen LogP contribution in [-0.4, -0.2) is 11.7 Å². The van der Waals surface area contributed by atoms with Crippen molar-refractivity contribution in [3.63, 3.8) is 0 Å². The molecule has 0 spiro atoms. The van der Waals surface area contributed by atoms with Crippen LogP contribution in [0.4, 0.5) is 4.39 Å². The molecule has 0 atom stereocenters. The highest BCUT2D eigenvalue weighted by Crippen LogP contribution is 2.10. The molecule has 0 aliphatic carbocycles. The van der Waals surface area contributed by atoms with E-state index >= 15 is 0 Å². The van der Waals surface area contributed by atoms with Gasteiger partial charge in [0.1, 0.15) is 12.4 Å². The Morgan fingerprint density at radius 3 is 2.95 bits per heavy atom. The van der Waals surface area contributed by atoms with E-state index in [1.54, 1.807) is 18.2 Å². The Labute approximate surface area is 111 Å². The van der Waals surface area contributed by atoms with Crippen molar-refractivity contribution < 1.29 is 13.7 Å². The number of hydrogen-bond donors (Lipinski definition) is 1. The normalized spacial score (nSPS) is 10.8. The molecule has 19 heavy (non-hydrogen) atoms. The van der Waals surface area contributed by atoms with Gasteiger partial charge in [0.25, 0.3) is 0 Å². The van der Waals surface area contributed by atoms with Crippen LogP contribution in [0.15, 0.2) is 34.9 Å². The largest absolute Gasteiger partial charge is 0.369 e. The van der Waals surface area contributed by atoms with Crippen molar-refractivity contribution in [2.75, 3.05) is 6.54 Å². The third-order valence-electron chi connectivity index (χ3n) is 2.62. The maximum atomic E-state index is 13.3. The number of rotatable bonds is 7. The molecule has 102 valence electrons. The summed E-state index contributed by atoms with van der Waals surface area (Å²) in [6.07, 6.45) is 0. The number of aromatic nitrogens is 1. The van der Waals surface area contributed by atoms with Gasteiger partial charge in [-0.1, -0.05) is 30.3 Å². The van der Waals surface area contributed by atoms with E-state index in [4.69, 9.17) is 9.26 Å². The predicted molar refractivity (Wildman–Crippen MR) is 68.8 cm³/mol. The van der Waals surface area contributed by atoms with Crippen LogP contribution >= 0.6 is 0 Å². The van der Waals surface area contributed by atoms with Crippen molar-refractivity contribution in [3.8, 4) is 0 Å². The van der Waals surface area contributed by atoms with Crippen LogP contribution < -0.4 is 5.32 Å². The molecule has 2 aromatic rings. The van der Waals surface area contributed by atoms with Crippen LogP contribution in [0.1, 0.15) is 23.9 Å². The summed E-state index contributed by atoms with van der Waals surface area (Å²) >= 11 is 0. The molecular weight excluding hydrogens is 247 g/mol. The smallest absolute Gasteiger partial charge is 0.162 e. The van der Waals surface area contributed by atoms with E-state index in [0.29, 0.717) is 17.9 Å². The molecule has 1 aromatic carbocycles. The number of ether oxygens (including phenoxy) is 1. The van der Waals surface area contributed by atoms with Gasteiger partial charge in [-0.15, -0.1) is 0 Å². The molecule has 0 fully saturated rings. The average molecular weight is 264 g/mol. The summed E-state index contributed by atoms with van der Waals surface area (Å²) in [6.45, 7) is 4.08. The maximum Gasteiger partial charge on any atom is 0.162 e. The first kappa shape index (κ1) is 13.7. The summed E-state index contributed by atoms with van der Waals surface area (Å²) in [7, 11) is 0. The van der Waals surface area contributed by atoms with Gasteiger partial charge >= 0.3 is 0 Å². The highest BCUT2D eigenvalue weighted by Gasteiger charge is 2.05. The van der Waals surface area contributed by atoms with Gasteiger partial charge in [0.15, 0.2) is 5.76 Å². The predicted octanol–water partition coefficient (Wildman–Crippen LogP) is 2.64. The van der Waals surface area contributed by atoms with E-state index < -0.39 is 0 Å². The van der Waals surface area contributed by atoms with Gasteiger partial charge in [0.05, 0.1) is 12.3 Å². The highest BCUT2D eigenvalue weighted by atomic mass is 19.1. The van der Waals surface area contributed by atoms with E-state index in [-0.39, 0.29) is 19.0 Å². The molecule has 0 amide bonds. The maximum absolute atomic E-state index is 13.3. The molecule has 0 radical (unpaired) electrons. The van der Waals surface area contributed by atoms with Crippen molar-refractivity contribution in [3.05, 3.63) is 53.2 Å². The Bertz CT molecular complexity index is 514. The average Bonchev–Trinajstić information content (AvgIpc) is 2.86. The second-order valence-corrected chi connectivity index (χ2v) is 4.15. The third-order valence-corrected chi connectivity index (χ3v) is 2.62. The minimum atomic E-state index is -0.257. The fourth-order valence-corrected chi connectivity index (χ4v) is 1.64. The minimum absolute atomic E-state index is 0.218. The summed E-state index contributed by atoms with van der Waals surface area (Å²) in [5.74, 6) is 0.386. The lowest BCUT2D eigenvalue weighted by Gasteiger charge is -2.02. The summed E-state index contributed by atoms with van der Waals surface area (Å²) in [4.78, 5) is 0. The van der Waals surface area contributed by atoms with Gasteiger partial charge in [-0.25, -0.2) is 4.39 Å². The van der Waals surface area contributed by atoms with Gasteiger partial charge in [0.2, 0.25) is 0 Å². The summed E-state index contributed by atoms with van der Waals surface area (Å²) < 4.78 is 23.9. The quantitative estimate of drug-likeness (QED) is 0.835. The fourth-order valence-electron chi connectivity index (χ4n) is 1.64. The standard InChI is InChI=1S/C14H17FN2O2/c1-2-16-8-12-7-13(19-17-12)10-18-9-11-5-3-4-6-14(11)15/h3-7,16H,2,8-10H2,1H3. The molecular formula is C14H17FN2O2. The van der Waals surface area contributed by atoms with Gasteiger partial charge in [0, 0.05) is 18.2 Å². The zero-order valence-electron chi connectivity index (χ0n) is 10.9. The Morgan fingerprint density at radius 2 is 2.16 bits per heavy atom. The molecule has 2 rings (SSSR count). The number of nitrogens with one attached hydrogen (secondary N) is 1. The second-order valence-electron chi connectivity index (χ2n) is 4.15. The number of benzene rings is 1. The van der Waals surface area contributed by atoms with Crippen molar-refractivity contribution in [2.45, 2.75) is 26.7 Å². The van der Waals surface area contributed by atoms with E-state index in [1.807, 2.05) is 13.0 Å². The summed E-state index contributed by atoms with van der Waals surface area (Å²) in [6, 6.07) is 8.39. The van der Waals surface area contributed by atoms with Crippen molar-refractivity contribution in [1.82, 2.24) is 10.5 Å². The molecule has 0 saturated carbocycles. The van der Waals surface area contributed by atoms with Crippen LogP contribution in [0.3, 0.4) is 0 Å². The molecule has 0 aliphatic rings. The fraction of sp³-hybridized carbons (Fsp3) is 0.357. The number of halogens is 1. The van der Waals surface area contributed by atoms with Gasteiger partial charge in [-0.05, 0) is 12.6 Å². The summed E-state index contributed by atoms with van der Waals surface area (Å²) in [5.41, 5.74) is 1.38. The van der Waals surface area contributed by atoms with Crippen molar-refractivity contribution >= 4 is 0 Å². The first-order valence-corrected chi connectivity index (χ1v) is 6.26. The lowest BCUT2D eigenvalue weighted by molar-refractivity contribution is 0.0864. The second kappa shape index (κ2) is 7.01. The molecule has 0 aliphatic heterocycles. The zero-order chi connectivity index (χ0) is 13.5. The van der Waals surface area contributed by atoms with Crippen LogP contribution in [-0.2, 0) is 24.5 Å². The van der Waals surface area contributed by atoms with Crippen LogP contribution in [0.2, 0.25) is 0 Å². The van der Waals surface area contributed by atoms with Crippen LogP contribution in [0.25, 0.3) is 0 Å². The van der Waals surface area contributed by atoms with Gasteiger partial charge in [-0.2, -0.15) is 0 Å². The molecule has 0 saturated heterocycles. The zero-order valence-corrected chi connectivity index (χ0v) is 10.9. The lowest BCUT2D eigenvalue weighted by Crippen LogP contribution is -2.11. The molecule has 1 aromatic heterocycles. The lowest BCUT2D eigenvalue weighted by atomic mass is 10.2. The monoisotopic (exact) mass is 264 g/mol. The van der Waals surface area contributed by atoms with Gasteiger partial charge < -0.3 is 14.6 Å². The molecule has 5 heteroatoms. The Kier molecular flexibility index (Phi) is 5.06. The molecule has 1 heterocycles. The van der Waals surface area contributed by atoms with E-state index in [9.17, 15) is 4.39 Å². The number of nitrogens with zero attached hydrogens (tertiary/aromatic N) is 1. The van der Waals surface area contributed by atoms with Gasteiger partial charge in [-0.3, -0.25) is 0 Å². The van der Waals surface area contributed by atoms with Crippen molar-refractivity contribution in [1.29, 1.82) is 0 Å². The van der Waals surface area contributed by atoms with E-state index in [2.05, 4.69) is 10.5 Å². The molecule has 0 bridgehead atoms. The summed E-state index contributed by atoms with van der Waals surface area (Å²) in [5, 5.41) is 7.06. The Hall–Kier alpha value is -1.72. The molecule has 1 N–H and O–H groups in total. The molecule has 0 unspecified atom stereocenters. The van der Waals surface area contributed by atoms with Crippen molar-refractivity contribution in [2.24, 2.45) is 0 Å². The Balaban J connectivity index is 1.79. The minimum Gasteiger partial charge on any atom is -0.369 e. The third kappa shape index (κ3) is 4.15. The Morgan fingerprint density at radius 1 is 1.32 bits per heavy atom. The number of hydrogen-bond acceptors (Lipinski definition) is 4. The van der Waals surface area contributed by atoms with E-state index in [1.165, 1.54) is 6.07 Å². The van der Waals surface area contributed by atoms with Crippen LogP contribution in [0, 0.1) is 5.82 Å². The molecule has 4 nitrogen and oxygen atoms in total. The SMILES string of the molecule is CCNCc1cc(COCc2ccccc2F)on1.